The number of hydrogen-bond acceptors (Lipinski definition) is 3. The SMILES string of the molecule is CCC(C)CCNC1CCC(Oc2ccc3c(c2)CCC(c2ccccc2)O3)CC1. The highest BCUT2D eigenvalue weighted by Crippen LogP contribution is 2.37. The summed E-state index contributed by atoms with van der Waals surface area (Å²) in [4.78, 5) is 0. The van der Waals surface area contributed by atoms with Crippen molar-refractivity contribution < 1.29 is 9.47 Å². The third-order valence-electron chi connectivity index (χ3n) is 6.89. The standard InChI is InChI=1S/C27H37NO2/c1-3-20(2)17-18-28-23-10-12-24(13-11-23)29-25-14-16-27-22(19-25)9-15-26(30-27)21-7-5-4-6-8-21/h4-8,14,16,19-20,23-24,26,28H,3,9-13,15,17-18H2,1-2H3. The van der Waals surface area contributed by atoms with E-state index in [2.05, 4.69) is 67.7 Å². The van der Waals surface area contributed by atoms with E-state index in [0.717, 1.165) is 49.6 Å². The Bertz CT molecular complexity index is 783. The molecule has 1 N–H and O–H groups in total. The van der Waals surface area contributed by atoms with E-state index in [1.165, 1.54) is 36.8 Å². The van der Waals surface area contributed by atoms with Gasteiger partial charge < -0.3 is 14.8 Å². The lowest BCUT2D eigenvalue weighted by Crippen LogP contribution is -2.37. The Kier molecular flexibility index (Phi) is 7.33. The average Bonchev–Trinajstić information content (AvgIpc) is 2.80. The van der Waals surface area contributed by atoms with Crippen molar-refractivity contribution in [1.29, 1.82) is 0 Å². The van der Waals surface area contributed by atoms with E-state index >= 15 is 0 Å². The lowest BCUT2D eigenvalue weighted by molar-refractivity contribution is 0.138. The number of fused-ring (bicyclic) bond motifs is 1. The minimum atomic E-state index is 0.161. The molecule has 3 nitrogen and oxygen atoms in total. The van der Waals surface area contributed by atoms with E-state index in [9.17, 15) is 0 Å². The predicted molar refractivity (Wildman–Crippen MR) is 123 cm³/mol. The normalized spacial score (nSPS) is 24.5. The van der Waals surface area contributed by atoms with Gasteiger partial charge in [-0.05, 0) is 86.7 Å². The van der Waals surface area contributed by atoms with Crippen LogP contribution in [0.1, 0.15) is 76.0 Å². The summed E-state index contributed by atoms with van der Waals surface area (Å²) in [6.45, 7) is 5.78. The number of benzene rings is 2. The highest BCUT2D eigenvalue weighted by Gasteiger charge is 2.24. The van der Waals surface area contributed by atoms with Gasteiger partial charge in [-0.15, -0.1) is 0 Å². The summed E-state index contributed by atoms with van der Waals surface area (Å²) in [6, 6.07) is 17.6. The van der Waals surface area contributed by atoms with Gasteiger partial charge in [-0.3, -0.25) is 0 Å². The van der Waals surface area contributed by atoms with Crippen LogP contribution in [0.25, 0.3) is 0 Å². The molecule has 0 spiro atoms. The van der Waals surface area contributed by atoms with Crippen LogP contribution in [0.15, 0.2) is 48.5 Å². The zero-order valence-electron chi connectivity index (χ0n) is 18.6. The molecule has 1 aliphatic heterocycles. The molecule has 30 heavy (non-hydrogen) atoms. The van der Waals surface area contributed by atoms with Crippen LogP contribution in [-0.4, -0.2) is 18.7 Å². The molecule has 0 radical (unpaired) electrons. The van der Waals surface area contributed by atoms with E-state index in [1.54, 1.807) is 0 Å². The fourth-order valence-corrected chi connectivity index (χ4v) is 4.66. The smallest absolute Gasteiger partial charge is 0.124 e. The zero-order chi connectivity index (χ0) is 20.8. The Balaban J connectivity index is 1.25. The Morgan fingerprint density at radius 2 is 1.83 bits per heavy atom. The Morgan fingerprint density at radius 3 is 2.60 bits per heavy atom. The summed E-state index contributed by atoms with van der Waals surface area (Å²) in [6.07, 6.45) is 9.86. The molecule has 2 unspecified atom stereocenters. The monoisotopic (exact) mass is 407 g/mol. The number of nitrogens with one attached hydrogen (secondary N) is 1. The first kappa shape index (κ1) is 21.2. The Morgan fingerprint density at radius 1 is 1.03 bits per heavy atom. The van der Waals surface area contributed by atoms with Crippen molar-refractivity contribution in [3.63, 3.8) is 0 Å². The predicted octanol–water partition coefficient (Wildman–Crippen LogP) is 6.47. The van der Waals surface area contributed by atoms with E-state index in [1.807, 2.05) is 0 Å². The molecule has 162 valence electrons. The molecule has 2 aromatic carbocycles. The van der Waals surface area contributed by atoms with Crippen LogP contribution < -0.4 is 14.8 Å². The molecule has 0 bridgehead atoms. The molecule has 2 aromatic rings. The van der Waals surface area contributed by atoms with Crippen LogP contribution in [0.4, 0.5) is 0 Å². The molecule has 4 rings (SSSR count). The number of ether oxygens (including phenoxy) is 2. The highest BCUT2D eigenvalue weighted by atomic mass is 16.5. The minimum Gasteiger partial charge on any atom is -0.490 e. The third kappa shape index (κ3) is 5.57. The van der Waals surface area contributed by atoms with Gasteiger partial charge in [-0.2, -0.15) is 0 Å². The largest absolute Gasteiger partial charge is 0.490 e. The summed E-state index contributed by atoms with van der Waals surface area (Å²) < 4.78 is 12.6. The van der Waals surface area contributed by atoms with E-state index in [-0.39, 0.29) is 6.10 Å². The lowest BCUT2D eigenvalue weighted by Gasteiger charge is -2.31. The van der Waals surface area contributed by atoms with Crippen molar-refractivity contribution in [1.82, 2.24) is 5.32 Å². The van der Waals surface area contributed by atoms with E-state index < -0.39 is 0 Å². The number of aryl methyl sites for hydroxylation is 1. The van der Waals surface area contributed by atoms with Crippen LogP contribution in [0.3, 0.4) is 0 Å². The van der Waals surface area contributed by atoms with Crippen molar-refractivity contribution in [2.45, 2.75) is 83.5 Å². The average molecular weight is 408 g/mol. The fraction of sp³-hybridized carbons (Fsp3) is 0.556. The second-order valence-electron chi connectivity index (χ2n) is 9.17. The maximum absolute atomic E-state index is 6.36. The minimum absolute atomic E-state index is 0.161. The van der Waals surface area contributed by atoms with Gasteiger partial charge in [-0.25, -0.2) is 0 Å². The molecule has 3 heteroatoms. The zero-order valence-corrected chi connectivity index (χ0v) is 18.6. The molecule has 1 saturated carbocycles. The lowest BCUT2D eigenvalue weighted by atomic mass is 9.92. The second kappa shape index (κ2) is 10.3. The van der Waals surface area contributed by atoms with Gasteiger partial charge in [0.1, 0.15) is 17.6 Å². The topological polar surface area (TPSA) is 30.5 Å². The quantitative estimate of drug-likeness (QED) is 0.544. The first-order valence-electron chi connectivity index (χ1n) is 12.0. The van der Waals surface area contributed by atoms with Crippen molar-refractivity contribution >= 4 is 0 Å². The molecule has 2 atom stereocenters. The Hall–Kier alpha value is -2.00. The molecule has 1 fully saturated rings. The van der Waals surface area contributed by atoms with Crippen molar-refractivity contribution in [2.75, 3.05) is 6.54 Å². The summed E-state index contributed by atoms with van der Waals surface area (Å²) >= 11 is 0. The van der Waals surface area contributed by atoms with Gasteiger partial charge in [-0.1, -0.05) is 50.6 Å². The molecular weight excluding hydrogens is 370 g/mol. The molecule has 0 saturated heterocycles. The number of hydrogen-bond donors (Lipinski definition) is 1. The summed E-state index contributed by atoms with van der Waals surface area (Å²) in [5.74, 6) is 2.84. The van der Waals surface area contributed by atoms with Crippen molar-refractivity contribution in [3.8, 4) is 11.5 Å². The first-order chi connectivity index (χ1) is 14.7. The third-order valence-corrected chi connectivity index (χ3v) is 6.89. The maximum atomic E-state index is 6.36. The summed E-state index contributed by atoms with van der Waals surface area (Å²) in [7, 11) is 0. The molecule has 1 heterocycles. The van der Waals surface area contributed by atoms with Crippen LogP contribution in [0.5, 0.6) is 11.5 Å². The van der Waals surface area contributed by atoms with Gasteiger partial charge in [0.05, 0.1) is 6.10 Å². The highest BCUT2D eigenvalue weighted by molar-refractivity contribution is 5.42. The fourth-order valence-electron chi connectivity index (χ4n) is 4.66. The number of rotatable bonds is 8. The molecule has 1 aliphatic carbocycles. The maximum Gasteiger partial charge on any atom is 0.124 e. The van der Waals surface area contributed by atoms with E-state index in [4.69, 9.17) is 9.47 Å². The molecular formula is C27H37NO2. The molecule has 0 aromatic heterocycles. The van der Waals surface area contributed by atoms with Crippen LogP contribution in [-0.2, 0) is 6.42 Å². The van der Waals surface area contributed by atoms with Gasteiger partial charge >= 0.3 is 0 Å². The van der Waals surface area contributed by atoms with Crippen molar-refractivity contribution in [2.24, 2.45) is 5.92 Å². The molecule has 0 amide bonds. The Labute approximate surface area is 182 Å². The van der Waals surface area contributed by atoms with Gasteiger partial charge in [0.15, 0.2) is 0 Å². The van der Waals surface area contributed by atoms with Gasteiger partial charge in [0, 0.05) is 6.04 Å². The first-order valence-corrected chi connectivity index (χ1v) is 12.0. The van der Waals surface area contributed by atoms with Gasteiger partial charge in [0.25, 0.3) is 0 Å². The van der Waals surface area contributed by atoms with Crippen molar-refractivity contribution in [3.05, 3.63) is 59.7 Å². The van der Waals surface area contributed by atoms with Gasteiger partial charge in [0.2, 0.25) is 0 Å². The van der Waals surface area contributed by atoms with Crippen LogP contribution >= 0.6 is 0 Å². The molecule has 2 aliphatic rings. The van der Waals surface area contributed by atoms with E-state index in [0.29, 0.717) is 12.1 Å². The second-order valence-corrected chi connectivity index (χ2v) is 9.17. The summed E-state index contributed by atoms with van der Waals surface area (Å²) in [5.41, 5.74) is 2.54. The van der Waals surface area contributed by atoms with Crippen LogP contribution in [0.2, 0.25) is 0 Å². The van der Waals surface area contributed by atoms with Crippen LogP contribution in [0, 0.1) is 5.92 Å². The summed E-state index contributed by atoms with van der Waals surface area (Å²) in [5, 5.41) is 3.76.